The van der Waals surface area contributed by atoms with E-state index in [2.05, 4.69) is 39.0 Å². The molecule has 32 heavy (non-hydrogen) atoms. The van der Waals surface area contributed by atoms with E-state index in [9.17, 15) is 4.79 Å². The van der Waals surface area contributed by atoms with Crippen molar-refractivity contribution in [3.8, 4) is 0 Å². The second-order valence-electron chi connectivity index (χ2n) is 10.6. The molecule has 0 aliphatic heterocycles. The molecule has 192 valence electrons. The molecule has 0 aliphatic rings. The number of carbonyl (C=O) groups excluding carboxylic acids is 1. The molecule has 0 aromatic heterocycles. The van der Waals surface area contributed by atoms with Crippen molar-refractivity contribution < 1.29 is 9.28 Å². The van der Waals surface area contributed by atoms with E-state index < -0.39 is 0 Å². The average Bonchev–Trinajstić information content (AvgIpc) is 2.77. The van der Waals surface area contributed by atoms with Crippen LogP contribution in [0.3, 0.4) is 0 Å². The zero-order valence-electron chi connectivity index (χ0n) is 22.3. The van der Waals surface area contributed by atoms with Crippen LogP contribution in [0.15, 0.2) is 0 Å². The molecule has 0 unspecified atom stereocenters. The van der Waals surface area contributed by atoms with Gasteiger partial charge in [-0.15, -0.1) is 0 Å². The van der Waals surface area contributed by atoms with Gasteiger partial charge in [-0.25, -0.2) is 0 Å². The van der Waals surface area contributed by atoms with Crippen LogP contribution >= 0.6 is 12.6 Å². The number of hydrogen-bond donors (Lipinski definition) is 2. The molecule has 1 N–H and O–H groups in total. The molecule has 0 aromatic carbocycles. The van der Waals surface area contributed by atoms with Crippen molar-refractivity contribution in [2.24, 2.45) is 0 Å². The highest BCUT2D eigenvalue weighted by Crippen LogP contribution is 2.12. The molecular formula is C28H59N2OS+. The number of carbonyl (C=O) groups is 1. The van der Waals surface area contributed by atoms with Crippen LogP contribution in [-0.2, 0) is 4.79 Å². The van der Waals surface area contributed by atoms with Gasteiger partial charge in [-0.1, -0.05) is 96.8 Å². The van der Waals surface area contributed by atoms with E-state index in [0.717, 1.165) is 36.2 Å². The molecule has 0 aromatic rings. The van der Waals surface area contributed by atoms with Crippen LogP contribution in [0.1, 0.15) is 135 Å². The first-order valence-corrected chi connectivity index (χ1v) is 14.8. The third-order valence-corrected chi connectivity index (χ3v) is 7.01. The lowest BCUT2D eigenvalue weighted by atomic mass is 10.1. The van der Waals surface area contributed by atoms with Crippen molar-refractivity contribution in [3.63, 3.8) is 0 Å². The monoisotopic (exact) mass is 471 g/mol. The summed E-state index contributed by atoms with van der Waals surface area (Å²) in [7, 11) is 4.68. The Morgan fingerprint density at radius 2 is 1.06 bits per heavy atom. The van der Waals surface area contributed by atoms with Gasteiger partial charge in [0.15, 0.2) is 0 Å². The Morgan fingerprint density at radius 3 is 1.59 bits per heavy atom. The number of amides is 1. The molecule has 0 saturated heterocycles. The van der Waals surface area contributed by atoms with Gasteiger partial charge in [0.1, 0.15) is 0 Å². The fraction of sp³-hybridized carbons (Fsp3) is 0.964. The summed E-state index contributed by atoms with van der Waals surface area (Å²) in [5, 5.41) is 3.13. The van der Waals surface area contributed by atoms with E-state index in [0.29, 0.717) is 6.42 Å². The summed E-state index contributed by atoms with van der Waals surface area (Å²) in [5.74, 6) is 1.27. The van der Waals surface area contributed by atoms with Gasteiger partial charge in [-0.05, 0) is 31.4 Å². The summed E-state index contributed by atoms with van der Waals surface area (Å²) in [4.78, 5) is 12.0. The average molecular weight is 472 g/mol. The van der Waals surface area contributed by atoms with Gasteiger partial charge in [0.2, 0.25) is 5.91 Å². The summed E-state index contributed by atoms with van der Waals surface area (Å²) in [6, 6.07) is 0. The highest BCUT2D eigenvalue weighted by molar-refractivity contribution is 7.80. The molecule has 0 radical (unpaired) electrons. The van der Waals surface area contributed by atoms with E-state index in [1.165, 1.54) is 116 Å². The Labute approximate surface area is 207 Å². The van der Waals surface area contributed by atoms with Gasteiger partial charge >= 0.3 is 0 Å². The van der Waals surface area contributed by atoms with Crippen molar-refractivity contribution in [2.45, 2.75) is 135 Å². The van der Waals surface area contributed by atoms with Crippen LogP contribution in [0, 0.1) is 0 Å². The number of nitrogens with zero attached hydrogens (tertiary/aromatic N) is 1. The first-order chi connectivity index (χ1) is 15.5. The van der Waals surface area contributed by atoms with Crippen molar-refractivity contribution >= 4 is 18.5 Å². The Kier molecular flexibility index (Phi) is 23.8. The van der Waals surface area contributed by atoms with Crippen LogP contribution in [0.25, 0.3) is 0 Å². The van der Waals surface area contributed by atoms with Gasteiger partial charge in [0.25, 0.3) is 0 Å². The van der Waals surface area contributed by atoms with Crippen LogP contribution in [-0.4, -0.2) is 49.9 Å². The van der Waals surface area contributed by atoms with E-state index >= 15 is 0 Å². The van der Waals surface area contributed by atoms with Gasteiger partial charge < -0.3 is 9.80 Å². The number of quaternary nitrogens is 1. The Bertz CT molecular complexity index is 401. The summed E-state index contributed by atoms with van der Waals surface area (Å²) < 4.78 is 1.08. The quantitative estimate of drug-likeness (QED) is 0.0790. The molecule has 0 aliphatic carbocycles. The van der Waals surface area contributed by atoms with Crippen LogP contribution in [0.4, 0.5) is 0 Å². The largest absolute Gasteiger partial charge is 0.356 e. The highest BCUT2D eigenvalue weighted by Gasteiger charge is 2.14. The van der Waals surface area contributed by atoms with E-state index in [1.54, 1.807) is 0 Å². The maximum absolute atomic E-state index is 12.0. The minimum absolute atomic E-state index is 0.249. The van der Waals surface area contributed by atoms with Gasteiger partial charge in [0.05, 0.1) is 27.2 Å². The third kappa shape index (κ3) is 24.4. The normalized spacial score (nSPS) is 11.8. The topological polar surface area (TPSA) is 29.1 Å². The highest BCUT2D eigenvalue weighted by atomic mass is 32.1. The molecule has 0 fully saturated rings. The predicted octanol–water partition coefficient (Wildman–Crippen LogP) is 7.93. The van der Waals surface area contributed by atoms with E-state index in [4.69, 9.17) is 0 Å². The lowest BCUT2D eigenvalue weighted by Gasteiger charge is -2.30. The molecule has 4 heteroatoms. The molecule has 0 heterocycles. The Balaban J connectivity index is 3.44. The second kappa shape index (κ2) is 23.9. The molecule has 0 saturated carbocycles. The standard InChI is InChI=1S/C28H58N2OS/c1-4-5-6-7-8-9-11-14-17-20-25-30(2,3)26-22-24-29-28(31)23-19-16-13-10-12-15-18-21-27-32/h4-27H2,1-3H3,(H-,29,31,32)/p+1. The first kappa shape index (κ1) is 31.8. The molecular weight excluding hydrogens is 412 g/mol. The molecule has 0 bridgehead atoms. The summed E-state index contributed by atoms with van der Waals surface area (Å²) >= 11 is 4.25. The Hall–Kier alpha value is -0.220. The lowest BCUT2D eigenvalue weighted by Crippen LogP contribution is -2.42. The fourth-order valence-corrected chi connectivity index (χ4v) is 4.64. The van der Waals surface area contributed by atoms with E-state index in [-0.39, 0.29) is 5.91 Å². The molecule has 0 spiro atoms. The van der Waals surface area contributed by atoms with Crippen molar-refractivity contribution in [1.82, 2.24) is 5.32 Å². The summed E-state index contributed by atoms with van der Waals surface area (Å²) in [6.45, 7) is 5.54. The number of unbranched alkanes of at least 4 members (excludes halogenated alkanes) is 16. The minimum Gasteiger partial charge on any atom is -0.356 e. The number of nitrogens with one attached hydrogen (secondary N) is 1. The lowest BCUT2D eigenvalue weighted by molar-refractivity contribution is -0.890. The van der Waals surface area contributed by atoms with Crippen molar-refractivity contribution in [3.05, 3.63) is 0 Å². The maximum atomic E-state index is 12.0. The molecule has 1 amide bonds. The predicted molar refractivity (Wildman–Crippen MR) is 147 cm³/mol. The maximum Gasteiger partial charge on any atom is 0.219 e. The molecule has 3 nitrogen and oxygen atoms in total. The van der Waals surface area contributed by atoms with E-state index in [1.807, 2.05) is 0 Å². The zero-order valence-corrected chi connectivity index (χ0v) is 23.2. The summed E-state index contributed by atoms with van der Waals surface area (Å²) in [5.41, 5.74) is 0. The number of hydrogen-bond acceptors (Lipinski definition) is 2. The third-order valence-electron chi connectivity index (χ3n) is 6.69. The second-order valence-corrected chi connectivity index (χ2v) is 11.0. The van der Waals surface area contributed by atoms with Gasteiger partial charge in [0, 0.05) is 19.4 Å². The summed E-state index contributed by atoms with van der Waals surface area (Å²) in [6.07, 6.45) is 25.9. The fourth-order valence-electron chi connectivity index (χ4n) is 4.42. The molecule has 0 rings (SSSR count). The smallest absolute Gasteiger partial charge is 0.219 e. The minimum atomic E-state index is 0.249. The SMILES string of the molecule is CCCCCCCCCCCC[N+](C)(C)CCCNC(=O)CCCCCCCCCCS. The van der Waals surface area contributed by atoms with Crippen molar-refractivity contribution in [2.75, 3.05) is 39.5 Å². The zero-order chi connectivity index (χ0) is 23.8. The number of thiol groups is 1. The van der Waals surface area contributed by atoms with Crippen LogP contribution in [0.2, 0.25) is 0 Å². The number of rotatable bonds is 25. The van der Waals surface area contributed by atoms with Gasteiger partial charge in [-0.2, -0.15) is 12.6 Å². The Morgan fingerprint density at radius 1 is 0.625 bits per heavy atom. The molecule has 0 atom stereocenters. The van der Waals surface area contributed by atoms with Gasteiger partial charge in [-0.3, -0.25) is 4.79 Å². The van der Waals surface area contributed by atoms with Crippen molar-refractivity contribution in [1.29, 1.82) is 0 Å². The first-order valence-electron chi connectivity index (χ1n) is 14.2. The van der Waals surface area contributed by atoms with Crippen LogP contribution in [0.5, 0.6) is 0 Å². The van der Waals surface area contributed by atoms with Crippen LogP contribution < -0.4 is 5.32 Å².